The summed E-state index contributed by atoms with van der Waals surface area (Å²) in [4.78, 5) is 2.56. The first-order valence-corrected chi connectivity index (χ1v) is 8.41. The largest absolute Gasteiger partial charge is 0.497 e. The molecule has 3 rings (SSSR count). The fourth-order valence-electron chi connectivity index (χ4n) is 3.96. The van der Waals surface area contributed by atoms with Crippen molar-refractivity contribution in [2.45, 2.75) is 45.1 Å². The average molecular weight is 288 g/mol. The van der Waals surface area contributed by atoms with E-state index >= 15 is 0 Å². The molecular formula is C18H28N2O. The summed E-state index contributed by atoms with van der Waals surface area (Å²) in [5, 5.41) is 3.76. The van der Waals surface area contributed by atoms with E-state index < -0.39 is 0 Å². The number of aryl methyl sites for hydroxylation is 1. The zero-order valence-corrected chi connectivity index (χ0v) is 13.4. The maximum atomic E-state index is 5.32. The second-order valence-corrected chi connectivity index (χ2v) is 6.56. The molecule has 21 heavy (non-hydrogen) atoms. The summed E-state index contributed by atoms with van der Waals surface area (Å²) < 4.78 is 5.32. The van der Waals surface area contributed by atoms with Crippen LogP contribution in [0.4, 0.5) is 5.69 Å². The van der Waals surface area contributed by atoms with Crippen molar-refractivity contribution in [3.8, 4) is 5.75 Å². The molecule has 0 aromatic heterocycles. The molecule has 2 fully saturated rings. The van der Waals surface area contributed by atoms with Crippen molar-refractivity contribution < 1.29 is 4.74 Å². The minimum atomic E-state index is 0.667. The number of hydrogen-bond acceptors (Lipinski definition) is 3. The van der Waals surface area contributed by atoms with Crippen LogP contribution in [0.25, 0.3) is 0 Å². The molecule has 1 aliphatic heterocycles. The third-order valence-corrected chi connectivity index (χ3v) is 5.17. The van der Waals surface area contributed by atoms with Crippen molar-refractivity contribution in [1.82, 2.24) is 5.32 Å². The number of anilines is 1. The molecule has 1 atom stereocenters. The third-order valence-electron chi connectivity index (χ3n) is 5.17. The van der Waals surface area contributed by atoms with Gasteiger partial charge in [-0.1, -0.05) is 19.3 Å². The van der Waals surface area contributed by atoms with Crippen LogP contribution < -0.4 is 15.0 Å². The monoisotopic (exact) mass is 288 g/mol. The zero-order chi connectivity index (χ0) is 14.7. The molecule has 116 valence electrons. The van der Waals surface area contributed by atoms with E-state index in [-0.39, 0.29) is 0 Å². The average Bonchev–Trinajstić information content (AvgIpc) is 2.55. The molecule has 3 nitrogen and oxygen atoms in total. The molecule has 3 heteroatoms. The summed E-state index contributed by atoms with van der Waals surface area (Å²) in [6.07, 6.45) is 7.10. The minimum absolute atomic E-state index is 0.667. The lowest BCUT2D eigenvalue weighted by Crippen LogP contribution is -2.54. The highest BCUT2D eigenvalue weighted by Gasteiger charge is 2.28. The fraction of sp³-hybridized carbons (Fsp3) is 0.667. The lowest BCUT2D eigenvalue weighted by atomic mass is 9.83. The van der Waals surface area contributed by atoms with E-state index in [0.29, 0.717) is 6.04 Å². The number of ether oxygens (including phenoxy) is 1. The first kappa shape index (κ1) is 14.7. The Balaban J connectivity index is 1.70. The van der Waals surface area contributed by atoms with E-state index in [1.54, 1.807) is 7.11 Å². The van der Waals surface area contributed by atoms with Gasteiger partial charge in [-0.05, 0) is 49.4 Å². The predicted molar refractivity (Wildman–Crippen MR) is 88.3 cm³/mol. The number of hydrogen-bond donors (Lipinski definition) is 1. The molecule has 1 unspecified atom stereocenters. The van der Waals surface area contributed by atoms with Crippen LogP contribution in [0.2, 0.25) is 0 Å². The van der Waals surface area contributed by atoms with Crippen LogP contribution in [0.1, 0.15) is 37.7 Å². The van der Waals surface area contributed by atoms with Gasteiger partial charge in [0.15, 0.2) is 0 Å². The van der Waals surface area contributed by atoms with Crippen LogP contribution in [0, 0.1) is 12.8 Å². The molecule has 0 bridgehead atoms. The quantitative estimate of drug-likeness (QED) is 0.923. The van der Waals surface area contributed by atoms with Gasteiger partial charge in [-0.2, -0.15) is 0 Å². The van der Waals surface area contributed by atoms with E-state index in [2.05, 4.69) is 35.3 Å². The summed E-state index contributed by atoms with van der Waals surface area (Å²) in [6.45, 7) is 5.55. The van der Waals surface area contributed by atoms with Gasteiger partial charge in [0.1, 0.15) is 5.75 Å². The third kappa shape index (κ3) is 3.34. The number of rotatable bonds is 3. The second-order valence-electron chi connectivity index (χ2n) is 6.56. The van der Waals surface area contributed by atoms with Crippen LogP contribution >= 0.6 is 0 Å². The highest BCUT2D eigenvalue weighted by Crippen LogP contribution is 2.30. The Labute approximate surface area is 128 Å². The molecule has 0 amide bonds. The van der Waals surface area contributed by atoms with E-state index in [4.69, 9.17) is 4.74 Å². The summed E-state index contributed by atoms with van der Waals surface area (Å²) in [5.74, 6) is 1.83. The molecule has 0 spiro atoms. The summed E-state index contributed by atoms with van der Waals surface area (Å²) >= 11 is 0. The highest BCUT2D eigenvalue weighted by molar-refractivity contribution is 5.56. The second kappa shape index (κ2) is 6.69. The van der Waals surface area contributed by atoms with Crippen molar-refractivity contribution in [3.63, 3.8) is 0 Å². The number of nitrogens with zero attached hydrogens (tertiary/aromatic N) is 1. The van der Waals surface area contributed by atoms with Gasteiger partial charge in [0, 0.05) is 31.4 Å². The molecule has 1 saturated carbocycles. The molecular weight excluding hydrogens is 260 g/mol. The SMILES string of the molecule is COc1ccc(N2CCNC(C3CCCCC3)C2)c(C)c1. The molecule has 1 heterocycles. The zero-order valence-electron chi connectivity index (χ0n) is 13.4. The number of methoxy groups -OCH3 is 1. The first-order chi connectivity index (χ1) is 10.3. The van der Waals surface area contributed by atoms with E-state index in [9.17, 15) is 0 Å². The van der Waals surface area contributed by atoms with Gasteiger partial charge in [0.05, 0.1) is 7.11 Å². The Morgan fingerprint density at radius 1 is 1.19 bits per heavy atom. The van der Waals surface area contributed by atoms with Gasteiger partial charge in [0.25, 0.3) is 0 Å². The minimum Gasteiger partial charge on any atom is -0.497 e. The molecule has 1 saturated heterocycles. The topological polar surface area (TPSA) is 24.5 Å². The van der Waals surface area contributed by atoms with Crippen molar-refractivity contribution in [3.05, 3.63) is 23.8 Å². The van der Waals surface area contributed by atoms with Gasteiger partial charge in [-0.3, -0.25) is 0 Å². The maximum Gasteiger partial charge on any atom is 0.119 e. The van der Waals surface area contributed by atoms with Crippen LogP contribution in [0.5, 0.6) is 5.75 Å². The number of nitrogens with one attached hydrogen (secondary N) is 1. The van der Waals surface area contributed by atoms with Crippen molar-refractivity contribution in [2.24, 2.45) is 5.92 Å². The molecule has 1 aromatic carbocycles. The van der Waals surface area contributed by atoms with Crippen molar-refractivity contribution in [1.29, 1.82) is 0 Å². The fourth-order valence-corrected chi connectivity index (χ4v) is 3.96. The van der Waals surface area contributed by atoms with E-state index in [1.807, 2.05) is 0 Å². The molecule has 1 aliphatic carbocycles. The van der Waals surface area contributed by atoms with E-state index in [0.717, 1.165) is 31.3 Å². The summed E-state index contributed by atoms with van der Waals surface area (Å²) in [7, 11) is 1.73. The van der Waals surface area contributed by atoms with Gasteiger partial charge in [-0.15, -0.1) is 0 Å². The lowest BCUT2D eigenvalue weighted by molar-refractivity contribution is 0.257. The number of benzene rings is 1. The lowest BCUT2D eigenvalue weighted by Gasteiger charge is -2.40. The maximum absolute atomic E-state index is 5.32. The normalized spacial score (nSPS) is 24.1. The Morgan fingerprint density at radius 3 is 2.71 bits per heavy atom. The van der Waals surface area contributed by atoms with Gasteiger partial charge in [-0.25, -0.2) is 0 Å². The number of piperazine rings is 1. The van der Waals surface area contributed by atoms with Crippen molar-refractivity contribution >= 4 is 5.69 Å². The Bertz CT molecular complexity index is 468. The Morgan fingerprint density at radius 2 is 2.00 bits per heavy atom. The van der Waals surface area contributed by atoms with Gasteiger partial charge < -0.3 is 15.0 Å². The summed E-state index contributed by atoms with van der Waals surface area (Å²) in [5.41, 5.74) is 2.69. The molecule has 1 aromatic rings. The van der Waals surface area contributed by atoms with Gasteiger partial charge >= 0.3 is 0 Å². The highest BCUT2D eigenvalue weighted by atomic mass is 16.5. The predicted octanol–water partition coefficient (Wildman–Crippen LogP) is 3.36. The van der Waals surface area contributed by atoms with Gasteiger partial charge in [0.2, 0.25) is 0 Å². The Hall–Kier alpha value is -1.22. The van der Waals surface area contributed by atoms with Crippen LogP contribution in [0.15, 0.2) is 18.2 Å². The standard InChI is InChI=1S/C18H28N2O/c1-14-12-16(21-2)8-9-18(14)20-11-10-19-17(13-20)15-6-4-3-5-7-15/h8-9,12,15,17,19H,3-7,10-11,13H2,1-2H3. The van der Waals surface area contributed by atoms with Crippen LogP contribution in [-0.4, -0.2) is 32.8 Å². The van der Waals surface area contributed by atoms with E-state index in [1.165, 1.54) is 43.4 Å². The smallest absolute Gasteiger partial charge is 0.119 e. The molecule has 2 aliphatic rings. The van der Waals surface area contributed by atoms with Crippen LogP contribution in [-0.2, 0) is 0 Å². The van der Waals surface area contributed by atoms with Crippen LogP contribution in [0.3, 0.4) is 0 Å². The first-order valence-electron chi connectivity index (χ1n) is 8.41. The molecule has 1 N–H and O–H groups in total. The van der Waals surface area contributed by atoms with Crippen molar-refractivity contribution in [2.75, 3.05) is 31.6 Å². The summed E-state index contributed by atoms with van der Waals surface area (Å²) in [6, 6.07) is 7.12. The Kier molecular flexibility index (Phi) is 4.69. The molecule has 0 radical (unpaired) electrons.